The molecule has 0 unspecified atom stereocenters. The van der Waals surface area contributed by atoms with E-state index in [1.165, 1.54) is 6.42 Å². The Bertz CT molecular complexity index is 403. The van der Waals surface area contributed by atoms with Gasteiger partial charge < -0.3 is 10.4 Å². The van der Waals surface area contributed by atoms with Crippen LogP contribution >= 0.6 is 11.8 Å². The summed E-state index contributed by atoms with van der Waals surface area (Å²) in [6.07, 6.45) is 5.29. The molecule has 1 aromatic heterocycles. The van der Waals surface area contributed by atoms with Crippen molar-refractivity contribution in [3.8, 4) is 0 Å². The third-order valence-corrected chi connectivity index (χ3v) is 4.86. The zero-order valence-electron chi connectivity index (χ0n) is 12.4. The second-order valence-corrected chi connectivity index (χ2v) is 6.81. The van der Waals surface area contributed by atoms with Crippen molar-refractivity contribution in [2.45, 2.75) is 69.3 Å². The van der Waals surface area contributed by atoms with Crippen LogP contribution in [-0.2, 0) is 6.54 Å². The number of nitrogens with zero attached hydrogens (tertiary/aromatic N) is 4. The van der Waals surface area contributed by atoms with Crippen LogP contribution in [0.1, 0.15) is 46.0 Å². The molecule has 20 heavy (non-hydrogen) atoms. The van der Waals surface area contributed by atoms with Crippen LogP contribution < -0.4 is 5.32 Å². The van der Waals surface area contributed by atoms with Crippen molar-refractivity contribution in [2.24, 2.45) is 0 Å². The van der Waals surface area contributed by atoms with Crippen LogP contribution in [0, 0.1) is 0 Å². The summed E-state index contributed by atoms with van der Waals surface area (Å²) in [5, 5.41) is 26.5. The predicted octanol–water partition coefficient (Wildman–Crippen LogP) is 1.46. The van der Waals surface area contributed by atoms with E-state index < -0.39 is 5.60 Å². The minimum atomic E-state index is -0.532. The Morgan fingerprint density at radius 1 is 1.35 bits per heavy atom. The molecule has 0 aromatic carbocycles. The second kappa shape index (κ2) is 7.38. The third kappa shape index (κ3) is 4.71. The number of rotatable bonds is 7. The smallest absolute Gasteiger partial charge is 0.209 e. The molecule has 2 N–H and O–H groups in total. The van der Waals surface area contributed by atoms with Crippen molar-refractivity contribution < 1.29 is 5.11 Å². The van der Waals surface area contributed by atoms with Gasteiger partial charge in [0.15, 0.2) is 0 Å². The zero-order chi connectivity index (χ0) is 14.4. The largest absolute Gasteiger partial charge is 0.389 e. The monoisotopic (exact) mass is 299 g/mol. The maximum absolute atomic E-state index is 10.5. The molecular formula is C13H25N5OS. The van der Waals surface area contributed by atoms with Gasteiger partial charge in [-0.2, -0.15) is 0 Å². The summed E-state index contributed by atoms with van der Waals surface area (Å²) < 4.78 is 1.81. The number of hydrogen-bond donors (Lipinski definition) is 2. The average Bonchev–Trinajstić information content (AvgIpc) is 2.85. The van der Waals surface area contributed by atoms with Crippen molar-refractivity contribution in [2.75, 3.05) is 12.3 Å². The van der Waals surface area contributed by atoms with Gasteiger partial charge in [-0.1, -0.05) is 44.9 Å². The first-order chi connectivity index (χ1) is 9.59. The first-order valence-corrected chi connectivity index (χ1v) is 8.42. The Kier molecular flexibility index (Phi) is 5.80. The molecule has 0 aliphatic heterocycles. The van der Waals surface area contributed by atoms with Gasteiger partial charge in [0, 0.05) is 18.3 Å². The summed E-state index contributed by atoms with van der Waals surface area (Å²) >= 11 is 1.57. The van der Waals surface area contributed by atoms with Crippen LogP contribution in [0.4, 0.5) is 0 Å². The van der Waals surface area contributed by atoms with E-state index in [2.05, 4.69) is 34.7 Å². The third-order valence-electron chi connectivity index (χ3n) is 3.63. The number of nitrogens with one attached hydrogen (secondary N) is 1. The van der Waals surface area contributed by atoms with E-state index in [1.54, 1.807) is 11.8 Å². The van der Waals surface area contributed by atoms with E-state index in [4.69, 9.17) is 0 Å². The van der Waals surface area contributed by atoms with Crippen LogP contribution in [0.3, 0.4) is 0 Å². The average molecular weight is 299 g/mol. The summed E-state index contributed by atoms with van der Waals surface area (Å²) in [6, 6.07) is 0.463. The standard InChI is InChI=1S/C13H25N5OS/c1-11(2)14-8-9-18-12(15-16-17-18)20-10-13(19)6-4-3-5-7-13/h11,14,19H,3-10H2,1-2H3. The maximum Gasteiger partial charge on any atom is 0.209 e. The molecule has 0 saturated heterocycles. The van der Waals surface area contributed by atoms with Crippen molar-refractivity contribution in [1.82, 2.24) is 25.5 Å². The van der Waals surface area contributed by atoms with Crippen molar-refractivity contribution in [3.63, 3.8) is 0 Å². The van der Waals surface area contributed by atoms with Crippen LogP contribution in [0.5, 0.6) is 0 Å². The fourth-order valence-corrected chi connectivity index (χ4v) is 3.51. The first-order valence-electron chi connectivity index (χ1n) is 7.44. The van der Waals surface area contributed by atoms with Gasteiger partial charge in [0.25, 0.3) is 0 Å². The van der Waals surface area contributed by atoms with E-state index in [1.807, 2.05) is 4.68 Å². The second-order valence-electron chi connectivity index (χ2n) is 5.87. The Labute approximate surface area is 124 Å². The molecule has 1 saturated carbocycles. The summed E-state index contributed by atoms with van der Waals surface area (Å²) in [6.45, 7) is 5.84. The molecule has 0 spiro atoms. The minimum absolute atomic E-state index is 0.463. The molecule has 0 bridgehead atoms. The van der Waals surface area contributed by atoms with Gasteiger partial charge >= 0.3 is 0 Å². The van der Waals surface area contributed by atoms with E-state index in [-0.39, 0.29) is 0 Å². The topological polar surface area (TPSA) is 75.9 Å². The summed E-state index contributed by atoms with van der Waals surface area (Å²) in [4.78, 5) is 0. The van der Waals surface area contributed by atoms with Crippen molar-refractivity contribution >= 4 is 11.8 Å². The molecule has 1 aliphatic carbocycles. The summed E-state index contributed by atoms with van der Waals surface area (Å²) in [5.74, 6) is 0.685. The highest BCUT2D eigenvalue weighted by Crippen LogP contribution is 2.32. The Morgan fingerprint density at radius 2 is 2.10 bits per heavy atom. The van der Waals surface area contributed by atoms with Gasteiger partial charge in [-0.25, -0.2) is 4.68 Å². The van der Waals surface area contributed by atoms with E-state index in [0.717, 1.165) is 43.9 Å². The van der Waals surface area contributed by atoms with Gasteiger partial charge in [0.2, 0.25) is 5.16 Å². The molecule has 0 atom stereocenters. The van der Waals surface area contributed by atoms with Crippen molar-refractivity contribution in [1.29, 1.82) is 0 Å². The molecule has 1 aliphatic rings. The Hall–Kier alpha value is -0.660. The molecule has 1 aromatic rings. The van der Waals surface area contributed by atoms with E-state index in [0.29, 0.717) is 11.8 Å². The Morgan fingerprint density at radius 3 is 2.80 bits per heavy atom. The quantitative estimate of drug-likeness (QED) is 0.742. The lowest BCUT2D eigenvalue weighted by atomic mass is 9.86. The van der Waals surface area contributed by atoms with Gasteiger partial charge in [-0.15, -0.1) is 5.10 Å². The van der Waals surface area contributed by atoms with Crippen LogP contribution in [0.2, 0.25) is 0 Å². The lowest BCUT2D eigenvalue weighted by Gasteiger charge is -2.31. The van der Waals surface area contributed by atoms with E-state index in [9.17, 15) is 5.11 Å². The molecule has 0 amide bonds. The van der Waals surface area contributed by atoms with Crippen LogP contribution in [0.15, 0.2) is 5.16 Å². The molecule has 0 radical (unpaired) electrons. The number of aliphatic hydroxyl groups is 1. The number of hydrogen-bond acceptors (Lipinski definition) is 6. The molecule has 114 valence electrons. The fraction of sp³-hybridized carbons (Fsp3) is 0.923. The van der Waals surface area contributed by atoms with Gasteiger partial charge in [0.1, 0.15) is 0 Å². The minimum Gasteiger partial charge on any atom is -0.389 e. The molecule has 1 fully saturated rings. The normalized spacial score (nSPS) is 18.6. The SMILES string of the molecule is CC(C)NCCn1nnnc1SCC1(O)CCCCC1. The summed E-state index contributed by atoms with van der Waals surface area (Å²) in [5.41, 5.74) is -0.532. The van der Waals surface area contributed by atoms with Crippen LogP contribution in [0.25, 0.3) is 0 Å². The number of thioether (sulfide) groups is 1. The van der Waals surface area contributed by atoms with Crippen LogP contribution in [-0.4, -0.2) is 49.3 Å². The molecule has 7 heteroatoms. The number of tetrazole rings is 1. The highest BCUT2D eigenvalue weighted by atomic mass is 32.2. The molecular weight excluding hydrogens is 274 g/mol. The summed E-state index contributed by atoms with van der Waals surface area (Å²) in [7, 11) is 0. The van der Waals surface area contributed by atoms with Gasteiger partial charge in [0.05, 0.1) is 12.1 Å². The van der Waals surface area contributed by atoms with E-state index >= 15 is 0 Å². The zero-order valence-corrected chi connectivity index (χ0v) is 13.2. The lowest BCUT2D eigenvalue weighted by molar-refractivity contribution is 0.0272. The lowest BCUT2D eigenvalue weighted by Crippen LogP contribution is -2.34. The van der Waals surface area contributed by atoms with Crippen molar-refractivity contribution in [3.05, 3.63) is 0 Å². The maximum atomic E-state index is 10.5. The Balaban J connectivity index is 1.82. The van der Waals surface area contributed by atoms with Gasteiger partial charge in [-0.3, -0.25) is 0 Å². The van der Waals surface area contributed by atoms with Gasteiger partial charge in [-0.05, 0) is 23.3 Å². The molecule has 1 heterocycles. The molecule has 2 rings (SSSR count). The molecule has 6 nitrogen and oxygen atoms in total. The predicted molar refractivity (Wildman–Crippen MR) is 79.7 cm³/mol. The fourth-order valence-electron chi connectivity index (χ4n) is 2.45. The first kappa shape index (κ1) is 15.7. The highest BCUT2D eigenvalue weighted by molar-refractivity contribution is 7.99. The number of aromatic nitrogens is 4. The highest BCUT2D eigenvalue weighted by Gasteiger charge is 2.29.